The number of hydrogen-bond acceptors (Lipinski definition) is 8. The molecule has 0 bridgehead atoms. The number of hydrogen-bond donors (Lipinski definition) is 4. The number of rotatable bonds is 6. The van der Waals surface area contributed by atoms with E-state index < -0.39 is 47.4 Å². The Labute approximate surface area is 281 Å². The van der Waals surface area contributed by atoms with Gasteiger partial charge in [-0.1, -0.05) is 37.6 Å². The van der Waals surface area contributed by atoms with Crippen molar-refractivity contribution in [3.63, 3.8) is 0 Å². The van der Waals surface area contributed by atoms with Crippen LogP contribution in [0.1, 0.15) is 60.3 Å². The highest BCUT2D eigenvalue weighted by molar-refractivity contribution is 6.39. The summed E-state index contributed by atoms with van der Waals surface area (Å²) in [5, 5.41) is 11.1. The molecule has 1 unspecified atom stereocenters. The summed E-state index contributed by atoms with van der Waals surface area (Å²) in [5.41, 5.74) is -0.0751. The van der Waals surface area contributed by atoms with Gasteiger partial charge < -0.3 is 35.8 Å². The summed E-state index contributed by atoms with van der Waals surface area (Å²) in [6, 6.07) is 3.80. The molecule has 1 saturated heterocycles. The van der Waals surface area contributed by atoms with Crippen LogP contribution in [-0.4, -0.2) is 96.9 Å². The van der Waals surface area contributed by atoms with Gasteiger partial charge in [-0.25, -0.2) is 4.79 Å². The first kappa shape index (κ1) is 37.3. The number of carbonyl (C=O) groups is 6. The summed E-state index contributed by atoms with van der Waals surface area (Å²) < 4.78 is 5.38. The molecule has 3 atom stereocenters. The van der Waals surface area contributed by atoms with Crippen molar-refractivity contribution < 1.29 is 33.5 Å². The molecule has 0 aromatic heterocycles. The Morgan fingerprint density at radius 2 is 1.68 bits per heavy atom. The zero-order chi connectivity index (χ0) is 34.7. The van der Waals surface area contributed by atoms with Gasteiger partial charge in [0.1, 0.15) is 23.7 Å². The van der Waals surface area contributed by atoms with Crippen LogP contribution in [0.5, 0.6) is 0 Å². The third-order valence-corrected chi connectivity index (χ3v) is 7.90. The van der Waals surface area contributed by atoms with Crippen LogP contribution in [0.4, 0.5) is 10.5 Å². The minimum absolute atomic E-state index is 0.0525. The van der Waals surface area contributed by atoms with Gasteiger partial charge >= 0.3 is 6.09 Å². The lowest BCUT2D eigenvalue weighted by Gasteiger charge is -2.43. The summed E-state index contributed by atoms with van der Waals surface area (Å²) in [6.45, 7) is 9.49. The lowest BCUT2D eigenvalue weighted by atomic mass is 10.0. The Balaban J connectivity index is 1.86. The first-order chi connectivity index (χ1) is 22.2. The maximum atomic E-state index is 14.0. The fraction of sp³-hybridized carbons (Fsp3) is 0.576. The van der Waals surface area contributed by atoms with Crippen molar-refractivity contribution in [2.24, 2.45) is 5.92 Å². The summed E-state index contributed by atoms with van der Waals surface area (Å²) in [6.07, 6.45) is 4.70. The number of anilines is 1. The van der Waals surface area contributed by atoms with E-state index in [1.54, 1.807) is 65.0 Å². The quantitative estimate of drug-likeness (QED) is 0.264. The minimum atomic E-state index is -1.25. The molecule has 4 N–H and O–H groups in total. The van der Waals surface area contributed by atoms with Crippen molar-refractivity contribution in [3.05, 3.63) is 41.4 Å². The third-order valence-electron chi connectivity index (χ3n) is 7.65. The number of halogens is 1. The molecule has 1 fully saturated rings. The maximum absolute atomic E-state index is 14.0. The molecule has 0 radical (unpaired) electrons. The highest BCUT2D eigenvalue weighted by Gasteiger charge is 2.39. The van der Waals surface area contributed by atoms with E-state index >= 15 is 0 Å². The lowest BCUT2D eigenvalue weighted by Crippen LogP contribution is -2.64. The van der Waals surface area contributed by atoms with Gasteiger partial charge in [-0.05, 0) is 70.2 Å². The Morgan fingerprint density at radius 3 is 2.34 bits per heavy atom. The van der Waals surface area contributed by atoms with Crippen LogP contribution in [-0.2, 0) is 28.7 Å². The molecule has 2 aliphatic rings. The van der Waals surface area contributed by atoms with Crippen molar-refractivity contribution in [1.29, 1.82) is 0 Å². The Bertz CT molecular complexity index is 1330. The first-order valence-electron chi connectivity index (χ1n) is 16.0. The molecule has 2 aliphatic heterocycles. The molecule has 3 rings (SSSR count). The normalized spacial score (nSPS) is 21.6. The van der Waals surface area contributed by atoms with Gasteiger partial charge in [0, 0.05) is 43.3 Å². The molecular formula is C33H47ClN6O7. The number of amides is 5. The summed E-state index contributed by atoms with van der Waals surface area (Å²) in [4.78, 5) is 81.6. The second-order valence-electron chi connectivity index (χ2n) is 13.0. The van der Waals surface area contributed by atoms with E-state index in [1.165, 1.54) is 11.0 Å². The van der Waals surface area contributed by atoms with Crippen molar-refractivity contribution in [1.82, 2.24) is 26.2 Å². The number of ether oxygens (including phenoxy) is 1. The zero-order valence-corrected chi connectivity index (χ0v) is 28.5. The second kappa shape index (κ2) is 17.1. The Morgan fingerprint density at radius 1 is 1.00 bits per heavy atom. The second-order valence-corrected chi connectivity index (χ2v) is 13.4. The molecule has 0 saturated carbocycles. The van der Waals surface area contributed by atoms with Gasteiger partial charge in [-0.2, -0.15) is 0 Å². The number of nitrogens with zero attached hydrogens (tertiary/aromatic N) is 2. The number of nitrogens with one attached hydrogen (secondary N) is 4. The van der Waals surface area contributed by atoms with Gasteiger partial charge in [0.05, 0.1) is 6.54 Å². The molecule has 0 aliphatic carbocycles. The van der Waals surface area contributed by atoms with E-state index in [2.05, 4.69) is 21.3 Å². The fourth-order valence-corrected chi connectivity index (χ4v) is 5.35. The van der Waals surface area contributed by atoms with Gasteiger partial charge in [-0.3, -0.25) is 24.0 Å². The summed E-state index contributed by atoms with van der Waals surface area (Å²) >= 11 is 6.12. The number of ketones is 1. The number of Topliss-reactive ketones (excluding diaryl/α,β-unsaturated/α-hetero) is 1. The average molecular weight is 675 g/mol. The number of allylic oxidation sites excluding steroid dienone is 1. The first-order valence-corrected chi connectivity index (χ1v) is 16.4. The smallest absolute Gasteiger partial charge is 0.408 e. The monoisotopic (exact) mass is 674 g/mol. The predicted octanol–water partition coefficient (Wildman–Crippen LogP) is 2.32. The zero-order valence-electron chi connectivity index (χ0n) is 27.8. The highest BCUT2D eigenvalue weighted by atomic mass is 35.5. The van der Waals surface area contributed by atoms with E-state index in [-0.39, 0.29) is 50.5 Å². The van der Waals surface area contributed by atoms with Crippen molar-refractivity contribution in [2.45, 2.75) is 84.0 Å². The van der Waals surface area contributed by atoms with Gasteiger partial charge in [-0.15, -0.1) is 0 Å². The standard InChI is InChI=1S/C33H47ClN6O7/c1-21(2)27(38-32(46)47-33(3,4)5)31(45)39-18-19-40(23-14-12-22(34)13-15-23)25(20-39)29(43)37-24-10-8-6-7-9-11-26(41)35-16-17-36-30(44)28(24)42/h8,10,12-15,21,24-25,27H,6-7,9,11,16-20H2,1-5H3,(H,35,41)(H,36,44)(H,37,43)(H,38,46)/b10-8+/t24?,25-,27-/m1/s1. The molecule has 1 aromatic carbocycles. The number of carbonyl (C=O) groups excluding carboxylic acids is 6. The van der Waals surface area contributed by atoms with E-state index in [9.17, 15) is 28.8 Å². The third kappa shape index (κ3) is 11.6. The summed E-state index contributed by atoms with van der Waals surface area (Å²) in [7, 11) is 0. The molecular weight excluding hydrogens is 628 g/mol. The van der Waals surface area contributed by atoms with E-state index in [0.717, 1.165) is 0 Å². The van der Waals surface area contributed by atoms with Crippen LogP contribution < -0.4 is 26.2 Å². The SMILES string of the molecule is CC(C)[C@@H](NC(=O)OC(C)(C)C)C(=O)N1CCN(c2ccc(Cl)cc2)[C@@H](C(=O)NC2/C=C/CCCCC(=O)NCCNC(=O)C2=O)C1. The van der Waals surface area contributed by atoms with E-state index in [4.69, 9.17) is 16.3 Å². The molecule has 47 heavy (non-hydrogen) atoms. The van der Waals surface area contributed by atoms with E-state index in [1.807, 2.05) is 4.90 Å². The molecule has 258 valence electrons. The molecule has 14 heteroatoms. The predicted molar refractivity (Wildman–Crippen MR) is 178 cm³/mol. The highest BCUT2D eigenvalue weighted by Crippen LogP contribution is 2.24. The van der Waals surface area contributed by atoms with Crippen LogP contribution in [0.15, 0.2) is 36.4 Å². The Kier molecular flexibility index (Phi) is 13.6. The van der Waals surface area contributed by atoms with Crippen molar-refractivity contribution >= 4 is 52.8 Å². The number of alkyl carbamates (subject to hydrolysis) is 1. The number of benzene rings is 1. The molecule has 2 heterocycles. The molecule has 5 amide bonds. The van der Waals surface area contributed by atoms with Crippen LogP contribution >= 0.6 is 11.6 Å². The Hall–Kier alpha value is -4.13. The van der Waals surface area contributed by atoms with Crippen molar-refractivity contribution in [3.8, 4) is 0 Å². The largest absolute Gasteiger partial charge is 0.444 e. The lowest BCUT2D eigenvalue weighted by molar-refractivity contribution is -0.140. The average Bonchev–Trinajstić information content (AvgIpc) is 3.00. The van der Waals surface area contributed by atoms with Crippen LogP contribution in [0, 0.1) is 5.92 Å². The van der Waals surface area contributed by atoms with Crippen molar-refractivity contribution in [2.75, 3.05) is 37.6 Å². The van der Waals surface area contributed by atoms with E-state index in [0.29, 0.717) is 36.4 Å². The minimum Gasteiger partial charge on any atom is -0.444 e. The van der Waals surface area contributed by atoms with Crippen LogP contribution in [0.2, 0.25) is 5.02 Å². The van der Waals surface area contributed by atoms with Gasteiger partial charge in [0.25, 0.3) is 5.91 Å². The van der Waals surface area contributed by atoms with Crippen LogP contribution in [0.25, 0.3) is 0 Å². The number of piperazine rings is 1. The maximum Gasteiger partial charge on any atom is 0.408 e. The fourth-order valence-electron chi connectivity index (χ4n) is 5.22. The van der Waals surface area contributed by atoms with Gasteiger partial charge in [0.15, 0.2) is 0 Å². The van der Waals surface area contributed by atoms with Crippen LogP contribution in [0.3, 0.4) is 0 Å². The molecule has 0 spiro atoms. The summed E-state index contributed by atoms with van der Waals surface area (Å²) in [5.74, 6) is -3.10. The topological polar surface area (TPSA) is 166 Å². The molecule has 13 nitrogen and oxygen atoms in total. The van der Waals surface area contributed by atoms with Gasteiger partial charge in [0.2, 0.25) is 23.5 Å². The molecule has 1 aromatic rings.